The van der Waals surface area contributed by atoms with E-state index < -0.39 is 0 Å². The first-order valence-corrected chi connectivity index (χ1v) is 9.86. The summed E-state index contributed by atoms with van der Waals surface area (Å²) in [7, 11) is 0. The number of fused-ring (bicyclic) bond motifs is 1. The summed E-state index contributed by atoms with van der Waals surface area (Å²) >= 11 is 0. The number of imidazole rings is 1. The lowest BCUT2D eigenvalue weighted by molar-refractivity contribution is 0.0649. The molecule has 1 saturated heterocycles. The maximum absolute atomic E-state index is 5.64. The van der Waals surface area contributed by atoms with Crippen LogP contribution in [0.2, 0.25) is 0 Å². The number of hydrogen-bond donors (Lipinski definition) is 2. The van der Waals surface area contributed by atoms with E-state index in [2.05, 4.69) is 10.3 Å². The quantitative estimate of drug-likeness (QED) is 0.759. The molecule has 8 heteroatoms. The molecular weight excluding hydrogens is 344 g/mol. The van der Waals surface area contributed by atoms with Crippen LogP contribution in [-0.2, 0) is 28.9 Å². The third-order valence-corrected chi connectivity index (χ3v) is 5.26. The highest BCUT2D eigenvalue weighted by Gasteiger charge is 2.20. The molecule has 2 aromatic rings. The molecule has 0 amide bonds. The van der Waals surface area contributed by atoms with E-state index in [1.165, 1.54) is 0 Å². The molecule has 27 heavy (non-hydrogen) atoms. The topological polar surface area (TPSA) is 100 Å². The minimum Gasteiger partial charge on any atom is -0.381 e. The third kappa shape index (κ3) is 4.45. The minimum atomic E-state index is 0.567. The van der Waals surface area contributed by atoms with Crippen molar-refractivity contribution in [3.8, 4) is 5.95 Å². The van der Waals surface area contributed by atoms with Crippen LogP contribution in [0.15, 0.2) is 12.5 Å². The summed E-state index contributed by atoms with van der Waals surface area (Å²) < 4.78 is 13.0. The molecule has 146 valence electrons. The third-order valence-electron chi connectivity index (χ3n) is 5.26. The molecule has 3 N–H and O–H groups in total. The lowest BCUT2D eigenvalue weighted by Crippen LogP contribution is -2.21. The van der Waals surface area contributed by atoms with Crippen LogP contribution in [0.3, 0.4) is 0 Å². The zero-order chi connectivity index (χ0) is 18.5. The maximum atomic E-state index is 5.64. The van der Waals surface area contributed by atoms with Gasteiger partial charge in [-0.2, -0.15) is 4.98 Å². The lowest BCUT2D eigenvalue weighted by atomic mass is 9.97. The average molecular weight is 372 g/mol. The van der Waals surface area contributed by atoms with Crippen molar-refractivity contribution in [1.82, 2.24) is 19.5 Å². The predicted octanol–water partition coefficient (Wildman–Crippen LogP) is 1.46. The fourth-order valence-electron chi connectivity index (χ4n) is 3.66. The molecule has 0 aliphatic carbocycles. The SMILES string of the molecule is NCCc1cn(-c2nc3c(c(NCCC4CCOCC4)n2)COCC3)cn1. The zero-order valence-electron chi connectivity index (χ0n) is 15.7. The van der Waals surface area contributed by atoms with E-state index in [4.69, 9.17) is 25.2 Å². The van der Waals surface area contributed by atoms with Crippen LogP contribution in [0, 0.1) is 5.92 Å². The molecule has 8 nitrogen and oxygen atoms in total. The summed E-state index contributed by atoms with van der Waals surface area (Å²) in [5.74, 6) is 2.27. The first-order valence-electron chi connectivity index (χ1n) is 9.86. The van der Waals surface area contributed by atoms with Gasteiger partial charge < -0.3 is 20.5 Å². The Morgan fingerprint density at radius 3 is 2.93 bits per heavy atom. The van der Waals surface area contributed by atoms with E-state index in [-0.39, 0.29) is 0 Å². The second-order valence-electron chi connectivity index (χ2n) is 7.18. The largest absolute Gasteiger partial charge is 0.381 e. The molecule has 4 heterocycles. The monoisotopic (exact) mass is 372 g/mol. The van der Waals surface area contributed by atoms with Gasteiger partial charge in [-0.05, 0) is 31.7 Å². The van der Waals surface area contributed by atoms with Crippen LogP contribution in [0.25, 0.3) is 5.95 Å². The molecule has 0 atom stereocenters. The van der Waals surface area contributed by atoms with Crippen molar-refractivity contribution < 1.29 is 9.47 Å². The highest BCUT2D eigenvalue weighted by molar-refractivity contribution is 5.49. The van der Waals surface area contributed by atoms with Gasteiger partial charge >= 0.3 is 0 Å². The van der Waals surface area contributed by atoms with Crippen molar-refractivity contribution in [2.24, 2.45) is 11.7 Å². The first kappa shape index (κ1) is 18.3. The highest BCUT2D eigenvalue weighted by atomic mass is 16.5. The van der Waals surface area contributed by atoms with Crippen LogP contribution >= 0.6 is 0 Å². The van der Waals surface area contributed by atoms with Crippen molar-refractivity contribution in [1.29, 1.82) is 0 Å². The molecule has 2 aromatic heterocycles. The van der Waals surface area contributed by atoms with Crippen LogP contribution in [0.1, 0.15) is 36.2 Å². The van der Waals surface area contributed by atoms with Gasteiger partial charge in [0.1, 0.15) is 12.1 Å². The van der Waals surface area contributed by atoms with Crippen molar-refractivity contribution in [2.75, 3.05) is 38.2 Å². The minimum absolute atomic E-state index is 0.567. The highest BCUT2D eigenvalue weighted by Crippen LogP contribution is 2.24. The summed E-state index contributed by atoms with van der Waals surface area (Å²) in [4.78, 5) is 13.9. The summed E-state index contributed by atoms with van der Waals surface area (Å²) in [6.07, 6.45) is 8.71. The Bertz CT molecular complexity index is 757. The van der Waals surface area contributed by atoms with Gasteiger partial charge in [0, 0.05) is 44.4 Å². The Hall–Kier alpha value is -2.03. The van der Waals surface area contributed by atoms with Gasteiger partial charge in [0.25, 0.3) is 0 Å². The van der Waals surface area contributed by atoms with Crippen molar-refractivity contribution in [2.45, 2.75) is 38.7 Å². The lowest BCUT2D eigenvalue weighted by Gasteiger charge is -2.23. The summed E-state index contributed by atoms with van der Waals surface area (Å²) in [5, 5.41) is 3.54. The van der Waals surface area contributed by atoms with E-state index in [1.807, 2.05) is 10.8 Å². The first-order chi connectivity index (χ1) is 13.3. The molecule has 0 unspecified atom stereocenters. The Morgan fingerprint density at radius 2 is 2.07 bits per heavy atom. The molecule has 0 saturated carbocycles. The van der Waals surface area contributed by atoms with Gasteiger partial charge in [-0.25, -0.2) is 9.97 Å². The molecule has 2 aliphatic heterocycles. The van der Waals surface area contributed by atoms with Crippen LogP contribution in [0.4, 0.5) is 5.82 Å². The Labute approximate surface area is 159 Å². The van der Waals surface area contributed by atoms with E-state index in [1.54, 1.807) is 6.33 Å². The summed E-state index contributed by atoms with van der Waals surface area (Å²) in [5.41, 5.74) is 8.73. The fraction of sp³-hybridized carbons (Fsp3) is 0.632. The average Bonchev–Trinajstić information content (AvgIpc) is 3.18. The van der Waals surface area contributed by atoms with Crippen LogP contribution < -0.4 is 11.1 Å². The van der Waals surface area contributed by atoms with Gasteiger partial charge in [0.15, 0.2) is 0 Å². The number of anilines is 1. The molecule has 2 aliphatic rings. The van der Waals surface area contributed by atoms with Gasteiger partial charge in [-0.15, -0.1) is 0 Å². The predicted molar refractivity (Wildman–Crippen MR) is 102 cm³/mol. The van der Waals surface area contributed by atoms with Gasteiger partial charge in [-0.1, -0.05) is 0 Å². The van der Waals surface area contributed by atoms with Crippen molar-refractivity contribution >= 4 is 5.82 Å². The summed E-state index contributed by atoms with van der Waals surface area (Å²) in [6.45, 7) is 4.52. The second kappa shape index (κ2) is 8.77. The summed E-state index contributed by atoms with van der Waals surface area (Å²) in [6, 6.07) is 0. The van der Waals surface area contributed by atoms with E-state index >= 15 is 0 Å². The molecule has 4 rings (SSSR count). The maximum Gasteiger partial charge on any atom is 0.237 e. The molecule has 0 bridgehead atoms. The molecule has 0 aromatic carbocycles. The number of ether oxygens (including phenoxy) is 2. The number of rotatable bonds is 7. The fourth-order valence-corrected chi connectivity index (χ4v) is 3.66. The van der Waals surface area contributed by atoms with Crippen LogP contribution in [-0.4, -0.2) is 52.4 Å². The Kier molecular flexibility index (Phi) is 5.96. The molecule has 0 radical (unpaired) electrons. The second-order valence-corrected chi connectivity index (χ2v) is 7.18. The number of nitrogens with two attached hydrogens (primary N) is 1. The zero-order valence-corrected chi connectivity index (χ0v) is 15.7. The Morgan fingerprint density at radius 1 is 1.19 bits per heavy atom. The van der Waals surface area contributed by atoms with E-state index in [0.717, 1.165) is 80.5 Å². The molecule has 1 fully saturated rings. The van der Waals surface area contributed by atoms with Gasteiger partial charge in [0.2, 0.25) is 5.95 Å². The number of nitrogens with one attached hydrogen (secondary N) is 1. The number of aromatic nitrogens is 4. The Balaban J connectivity index is 1.51. The number of nitrogens with zero attached hydrogens (tertiary/aromatic N) is 4. The smallest absolute Gasteiger partial charge is 0.237 e. The van der Waals surface area contributed by atoms with Crippen molar-refractivity contribution in [3.05, 3.63) is 29.5 Å². The van der Waals surface area contributed by atoms with Crippen molar-refractivity contribution in [3.63, 3.8) is 0 Å². The number of hydrogen-bond acceptors (Lipinski definition) is 7. The molecular formula is C19H28N6O2. The van der Waals surface area contributed by atoms with Crippen LogP contribution in [0.5, 0.6) is 0 Å². The standard InChI is InChI=1S/C19H28N6O2/c20-6-1-15-11-25(13-22-15)19-23-17-5-10-27-12-16(17)18(24-19)21-7-2-14-3-8-26-9-4-14/h11,13-14H,1-10,12,20H2,(H,21,23,24). The normalized spacial score (nSPS) is 17.7. The van der Waals surface area contributed by atoms with Gasteiger partial charge in [0.05, 0.1) is 24.6 Å². The van der Waals surface area contributed by atoms with E-state index in [9.17, 15) is 0 Å². The van der Waals surface area contributed by atoms with E-state index in [0.29, 0.717) is 25.7 Å². The van der Waals surface area contributed by atoms with Gasteiger partial charge in [-0.3, -0.25) is 4.57 Å². The molecule has 0 spiro atoms.